The van der Waals surface area contributed by atoms with Gasteiger partial charge in [-0.2, -0.15) is 0 Å². The van der Waals surface area contributed by atoms with E-state index < -0.39 is 10.0 Å². The normalized spacial score (nSPS) is 11.2. The van der Waals surface area contributed by atoms with E-state index in [0.717, 1.165) is 0 Å². The van der Waals surface area contributed by atoms with Crippen LogP contribution in [-0.4, -0.2) is 46.0 Å². The Morgan fingerprint density at radius 2 is 2.17 bits per heavy atom. The summed E-state index contributed by atoms with van der Waals surface area (Å²) in [6, 6.07) is 3.00. The molecule has 1 aromatic rings. The van der Waals surface area contributed by atoms with Crippen molar-refractivity contribution in [2.24, 2.45) is 0 Å². The molecule has 0 unspecified atom stereocenters. The van der Waals surface area contributed by atoms with Gasteiger partial charge in [-0.25, -0.2) is 13.1 Å². The van der Waals surface area contributed by atoms with Crippen molar-refractivity contribution in [3.8, 4) is 0 Å². The van der Waals surface area contributed by atoms with Crippen molar-refractivity contribution in [2.75, 3.05) is 26.7 Å². The van der Waals surface area contributed by atoms with E-state index in [2.05, 4.69) is 20.3 Å². The molecule has 0 spiro atoms. The van der Waals surface area contributed by atoms with Gasteiger partial charge < -0.3 is 10.6 Å². The van der Waals surface area contributed by atoms with Gasteiger partial charge in [0.25, 0.3) is 0 Å². The van der Waals surface area contributed by atoms with Gasteiger partial charge in [0.1, 0.15) is 4.90 Å². The highest BCUT2D eigenvalue weighted by Gasteiger charge is 2.12. The summed E-state index contributed by atoms with van der Waals surface area (Å²) in [7, 11) is -1.89. The van der Waals surface area contributed by atoms with E-state index in [-0.39, 0.29) is 30.4 Å². The molecule has 1 amide bonds. The SMILES string of the molecule is CNCC(=O)NCCNS(=O)(=O)c1cccnc1. The molecule has 7 nitrogen and oxygen atoms in total. The standard InChI is InChI=1S/C10H16N4O3S/c1-11-8-10(15)13-5-6-14-18(16,17)9-3-2-4-12-7-9/h2-4,7,11,14H,5-6,8H2,1H3,(H,13,15). The minimum atomic E-state index is -3.55. The van der Waals surface area contributed by atoms with Gasteiger partial charge >= 0.3 is 0 Å². The molecular weight excluding hydrogens is 256 g/mol. The summed E-state index contributed by atoms with van der Waals surface area (Å²) in [5.74, 6) is -0.182. The second-order valence-corrected chi connectivity index (χ2v) is 5.23. The summed E-state index contributed by atoms with van der Waals surface area (Å²) >= 11 is 0. The average Bonchev–Trinajstić information content (AvgIpc) is 2.36. The van der Waals surface area contributed by atoms with Gasteiger partial charge in [-0.3, -0.25) is 9.78 Å². The number of hydrogen-bond acceptors (Lipinski definition) is 5. The second kappa shape index (κ2) is 7.04. The lowest BCUT2D eigenvalue weighted by Crippen LogP contribution is -2.38. The van der Waals surface area contributed by atoms with Gasteiger partial charge in [-0.15, -0.1) is 0 Å². The maximum Gasteiger partial charge on any atom is 0.242 e. The number of nitrogens with zero attached hydrogens (tertiary/aromatic N) is 1. The fraction of sp³-hybridized carbons (Fsp3) is 0.400. The van der Waals surface area contributed by atoms with Crippen LogP contribution in [0.25, 0.3) is 0 Å². The third kappa shape index (κ3) is 4.78. The molecule has 0 radical (unpaired) electrons. The molecule has 0 atom stereocenters. The molecule has 0 bridgehead atoms. The van der Waals surface area contributed by atoms with E-state index in [0.29, 0.717) is 0 Å². The first-order valence-electron chi connectivity index (χ1n) is 5.37. The summed E-state index contributed by atoms with van der Waals surface area (Å²) in [4.78, 5) is 14.9. The van der Waals surface area contributed by atoms with Crippen molar-refractivity contribution in [1.29, 1.82) is 0 Å². The molecule has 1 heterocycles. The van der Waals surface area contributed by atoms with Gasteiger partial charge in [-0.1, -0.05) is 0 Å². The Balaban J connectivity index is 2.37. The number of hydrogen-bond donors (Lipinski definition) is 3. The first kappa shape index (κ1) is 14.6. The number of pyridine rings is 1. The number of carbonyl (C=O) groups is 1. The largest absolute Gasteiger partial charge is 0.354 e. The van der Waals surface area contributed by atoms with Crippen LogP contribution >= 0.6 is 0 Å². The number of aromatic nitrogens is 1. The maximum atomic E-state index is 11.7. The Labute approximate surface area is 106 Å². The van der Waals surface area contributed by atoms with Gasteiger partial charge in [0.05, 0.1) is 6.54 Å². The van der Waals surface area contributed by atoms with Crippen LogP contribution in [0.1, 0.15) is 0 Å². The monoisotopic (exact) mass is 272 g/mol. The molecule has 3 N–H and O–H groups in total. The van der Waals surface area contributed by atoms with Crippen LogP contribution in [0.2, 0.25) is 0 Å². The van der Waals surface area contributed by atoms with Crippen molar-refractivity contribution in [2.45, 2.75) is 4.90 Å². The van der Waals surface area contributed by atoms with Crippen molar-refractivity contribution >= 4 is 15.9 Å². The number of amides is 1. The van der Waals surface area contributed by atoms with Crippen molar-refractivity contribution in [1.82, 2.24) is 20.3 Å². The smallest absolute Gasteiger partial charge is 0.242 e. The summed E-state index contributed by atoms with van der Waals surface area (Å²) in [5.41, 5.74) is 0. The third-order valence-corrected chi connectivity index (χ3v) is 3.47. The van der Waals surface area contributed by atoms with Gasteiger partial charge in [0.15, 0.2) is 0 Å². The lowest BCUT2D eigenvalue weighted by atomic mass is 10.5. The minimum Gasteiger partial charge on any atom is -0.354 e. The van der Waals surface area contributed by atoms with Crippen LogP contribution in [0.4, 0.5) is 0 Å². The van der Waals surface area contributed by atoms with Crippen molar-refractivity contribution in [3.63, 3.8) is 0 Å². The number of likely N-dealkylation sites (N-methyl/N-ethyl adjacent to an activating group) is 1. The van der Waals surface area contributed by atoms with E-state index in [1.54, 1.807) is 13.1 Å². The highest BCUT2D eigenvalue weighted by Crippen LogP contribution is 2.04. The molecule has 1 rings (SSSR count). The van der Waals surface area contributed by atoms with E-state index in [1.165, 1.54) is 18.5 Å². The van der Waals surface area contributed by atoms with Gasteiger partial charge in [-0.05, 0) is 19.2 Å². The predicted molar refractivity (Wildman–Crippen MR) is 66.4 cm³/mol. The van der Waals surface area contributed by atoms with Gasteiger partial charge in [0.2, 0.25) is 15.9 Å². The zero-order valence-corrected chi connectivity index (χ0v) is 10.8. The molecule has 8 heteroatoms. The highest BCUT2D eigenvalue weighted by atomic mass is 32.2. The van der Waals surface area contributed by atoms with Crippen LogP contribution in [0.3, 0.4) is 0 Å². The average molecular weight is 272 g/mol. The van der Waals surface area contributed by atoms with Crippen LogP contribution in [0, 0.1) is 0 Å². The van der Waals surface area contributed by atoms with Gasteiger partial charge in [0, 0.05) is 25.5 Å². The molecule has 0 aromatic carbocycles. The van der Waals surface area contributed by atoms with E-state index in [1.807, 2.05) is 0 Å². The fourth-order valence-electron chi connectivity index (χ4n) is 1.20. The number of carbonyl (C=O) groups excluding carboxylic acids is 1. The topological polar surface area (TPSA) is 100 Å². The Kier molecular flexibility index (Phi) is 5.69. The molecule has 1 aromatic heterocycles. The molecule has 0 saturated carbocycles. The van der Waals surface area contributed by atoms with Crippen LogP contribution < -0.4 is 15.4 Å². The molecule has 18 heavy (non-hydrogen) atoms. The number of rotatable bonds is 7. The Hall–Kier alpha value is -1.51. The lowest BCUT2D eigenvalue weighted by Gasteiger charge is -2.07. The minimum absolute atomic E-state index is 0.103. The van der Waals surface area contributed by atoms with E-state index in [9.17, 15) is 13.2 Å². The van der Waals surface area contributed by atoms with E-state index in [4.69, 9.17) is 0 Å². The molecular formula is C10H16N4O3S. The van der Waals surface area contributed by atoms with E-state index >= 15 is 0 Å². The molecule has 100 valence electrons. The fourth-order valence-corrected chi connectivity index (χ4v) is 2.19. The Morgan fingerprint density at radius 3 is 2.78 bits per heavy atom. The predicted octanol–water partition coefficient (Wildman–Crippen LogP) is -1.30. The Bertz CT molecular complexity index is 475. The summed E-state index contributed by atoms with van der Waals surface area (Å²) in [6.45, 7) is 0.571. The second-order valence-electron chi connectivity index (χ2n) is 3.47. The first-order valence-corrected chi connectivity index (χ1v) is 6.85. The summed E-state index contributed by atoms with van der Waals surface area (Å²) < 4.78 is 25.8. The number of nitrogens with one attached hydrogen (secondary N) is 3. The molecule has 0 aliphatic rings. The zero-order valence-electron chi connectivity index (χ0n) is 10.0. The van der Waals surface area contributed by atoms with Crippen molar-refractivity contribution in [3.05, 3.63) is 24.5 Å². The third-order valence-electron chi connectivity index (χ3n) is 2.02. The van der Waals surface area contributed by atoms with Crippen LogP contribution in [0.15, 0.2) is 29.4 Å². The quantitative estimate of drug-likeness (QED) is 0.535. The van der Waals surface area contributed by atoms with Crippen LogP contribution in [-0.2, 0) is 14.8 Å². The maximum absolute atomic E-state index is 11.7. The first-order chi connectivity index (χ1) is 8.56. The Morgan fingerprint density at radius 1 is 1.39 bits per heavy atom. The summed E-state index contributed by atoms with van der Waals surface area (Å²) in [6.07, 6.45) is 2.76. The molecule has 0 fully saturated rings. The molecule has 0 saturated heterocycles. The molecule has 0 aliphatic carbocycles. The number of sulfonamides is 1. The highest BCUT2D eigenvalue weighted by molar-refractivity contribution is 7.89. The molecule has 0 aliphatic heterocycles. The lowest BCUT2D eigenvalue weighted by molar-refractivity contribution is -0.120. The van der Waals surface area contributed by atoms with Crippen molar-refractivity contribution < 1.29 is 13.2 Å². The van der Waals surface area contributed by atoms with Crippen LogP contribution in [0.5, 0.6) is 0 Å². The zero-order chi connectivity index (χ0) is 13.4. The summed E-state index contributed by atoms with van der Waals surface area (Å²) in [5, 5.41) is 5.26.